The van der Waals surface area contributed by atoms with Crippen LogP contribution in [0.1, 0.15) is 23.1 Å². The third kappa shape index (κ3) is 3.43. The molecule has 27 heavy (non-hydrogen) atoms. The van der Waals surface area contributed by atoms with Crippen LogP contribution in [0.4, 0.5) is 5.69 Å². The van der Waals surface area contributed by atoms with Crippen LogP contribution in [-0.2, 0) is 17.6 Å². The van der Waals surface area contributed by atoms with Gasteiger partial charge in [-0.15, -0.1) is 0 Å². The number of carbonyl (C=O) groups excluding carboxylic acids is 1. The minimum Gasteiger partial charge on any atom is -0.483 e. The lowest BCUT2D eigenvalue weighted by molar-refractivity contribution is -0.118. The average molecular weight is 384 g/mol. The Hall–Kier alpha value is -2.79. The molecule has 3 aromatic rings. The van der Waals surface area contributed by atoms with Gasteiger partial charge in [0.1, 0.15) is 11.3 Å². The molecule has 6 heteroatoms. The molecule has 0 saturated heterocycles. The minimum absolute atomic E-state index is 0.159. The lowest BCUT2D eigenvalue weighted by atomic mass is 10.0. The van der Waals surface area contributed by atoms with Gasteiger partial charge in [-0.05, 0) is 62.1 Å². The topological polar surface area (TPSA) is 68.5 Å². The predicted octanol–water partition coefficient (Wildman–Crippen LogP) is 4.26. The lowest BCUT2D eigenvalue weighted by Crippen LogP contribution is -2.20. The van der Waals surface area contributed by atoms with Gasteiger partial charge in [0, 0.05) is 27.2 Å². The number of halogens is 1. The van der Waals surface area contributed by atoms with E-state index in [1.807, 2.05) is 19.1 Å². The molecule has 138 valence electrons. The number of ether oxygens (including phenoxy) is 1. The van der Waals surface area contributed by atoms with Crippen molar-refractivity contribution in [1.82, 2.24) is 0 Å². The van der Waals surface area contributed by atoms with Crippen molar-refractivity contribution < 1.29 is 13.9 Å². The molecular formula is C21H18ClNO4. The van der Waals surface area contributed by atoms with Gasteiger partial charge in [-0.25, -0.2) is 4.79 Å². The van der Waals surface area contributed by atoms with Crippen molar-refractivity contribution in [3.63, 3.8) is 0 Å². The molecule has 1 aliphatic rings. The molecule has 0 bridgehead atoms. The van der Waals surface area contributed by atoms with Crippen LogP contribution in [0.25, 0.3) is 11.0 Å². The number of anilines is 1. The summed E-state index contributed by atoms with van der Waals surface area (Å²) in [4.78, 5) is 24.3. The number of amides is 1. The first-order valence-corrected chi connectivity index (χ1v) is 9.17. The third-order valence-corrected chi connectivity index (χ3v) is 5.04. The summed E-state index contributed by atoms with van der Waals surface area (Å²) in [5, 5.41) is 4.23. The first-order valence-electron chi connectivity index (χ1n) is 8.79. The highest BCUT2D eigenvalue weighted by Gasteiger charge is 2.21. The Labute approximate surface area is 160 Å². The second-order valence-corrected chi connectivity index (χ2v) is 7.05. The maximum Gasteiger partial charge on any atom is 0.339 e. The molecule has 1 aromatic heterocycles. The minimum atomic E-state index is -0.299. The molecule has 1 amide bonds. The lowest BCUT2D eigenvalue weighted by Gasteiger charge is -2.12. The van der Waals surface area contributed by atoms with Crippen LogP contribution in [0.15, 0.2) is 45.6 Å². The Bertz CT molecular complexity index is 1100. The van der Waals surface area contributed by atoms with Crippen molar-refractivity contribution in [3.8, 4) is 5.75 Å². The number of aryl methyl sites for hydroxylation is 2. The predicted molar refractivity (Wildman–Crippen MR) is 105 cm³/mol. The normalized spacial score (nSPS) is 12.8. The Kier molecular flexibility index (Phi) is 4.62. The van der Waals surface area contributed by atoms with Crippen molar-refractivity contribution in [2.24, 2.45) is 0 Å². The molecule has 0 atom stereocenters. The Balaban J connectivity index is 1.54. The van der Waals surface area contributed by atoms with Crippen LogP contribution in [0.5, 0.6) is 5.75 Å². The molecule has 0 spiro atoms. The molecule has 1 aliphatic carbocycles. The molecular weight excluding hydrogens is 366 g/mol. The number of benzene rings is 2. The van der Waals surface area contributed by atoms with E-state index in [0.717, 1.165) is 41.3 Å². The summed E-state index contributed by atoms with van der Waals surface area (Å²) in [6.45, 7) is 1.67. The molecule has 4 rings (SSSR count). The summed E-state index contributed by atoms with van der Waals surface area (Å²) in [5.74, 6) is 0.219. The Morgan fingerprint density at radius 2 is 2.04 bits per heavy atom. The van der Waals surface area contributed by atoms with Crippen LogP contribution in [0, 0.1) is 6.92 Å². The van der Waals surface area contributed by atoms with Gasteiger partial charge < -0.3 is 14.5 Å². The van der Waals surface area contributed by atoms with Gasteiger partial charge in [0.25, 0.3) is 5.91 Å². The summed E-state index contributed by atoms with van der Waals surface area (Å²) in [5.41, 5.74) is 3.45. The highest BCUT2D eigenvalue weighted by Crippen LogP contribution is 2.33. The highest BCUT2D eigenvalue weighted by molar-refractivity contribution is 6.30. The molecule has 0 unspecified atom stereocenters. The van der Waals surface area contributed by atoms with E-state index in [9.17, 15) is 9.59 Å². The fourth-order valence-corrected chi connectivity index (χ4v) is 3.72. The summed E-state index contributed by atoms with van der Waals surface area (Å²) in [7, 11) is 0. The number of fused-ring (bicyclic) bond motifs is 3. The van der Waals surface area contributed by atoms with E-state index >= 15 is 0 Å². The zero-order valence-corrected chi connectivity index (χ0v) is 15.6. The van der Waals surface area contributed by atoms with Crippen molar-refractivity contribution in [1.29, 1.82) is 0 Å². The number of carbonyl (C=O) groups is 1. The second kappa shape index (κ2) is 7.08. The summed E-state index contributed by atoms with van der Waals surface area (Å²) < 4.78 is 11.2. The number of nitrogens with one attached hydrogen (secondary N) is 1. The van der Waals surface area contributed by atoms with Crippen molar-refractivity contribution in [2.75, 3.05) is 11.9 Å². The van der Waals surface area contributed by atoms with Crippen molar-refractivity contribution in [3.05, 3.63) is 68.5 Å². The van der Waals surface area contributed by atoms with Gasteiger partial charge in [0.15, 0.2) is 6.61 Å². The first kappa shape index (κ1) is 17.6. The van der Waals surface area contributed by atoms with Crippen molar-refractivity contribution >= 4 is 34.2 Å². The first-order chi connectivity index (χ1) is 13.0. The maximum atomic E-state index is 12.2. The summed E-state index contributed by atoms with van der Waals surface area (Å²) in [6, 6.07) is 10.6. The highest BCUT2D eigenvalue weighted by atomic mass is 35.5. The number of hydrogen-bond donors (Lipinski definition) is 1. The van der Waals surface area contributed by atoms with E-state index in [2.05, 4.69) is 5.32 Å². The van der Waals surface area contributed by atoms with E-state index in [1.54, 1.807) is 24.3 Å². The largest absolute Gasteiger partial charge is 0.483 e. The molecule has 0 fully saturated rings. The second-order valence-electron chi connectivity index (χ2n) is 6.61. The van der Waals surface area contributed by atoms with Gasteiger partial charge in [-0.1, -0.05) is 17.7 Å². The van der Waals surface area contributed by atoms with Gasteiger partial charge in [0.2, 0.25) is 0 Å². The number of rotatable bonds is 4. The Morgan fingerprint density at radius 1 is 1.22 bits per heavy atom. The van der Waals surface area contributed by atoms with E-state index in [4.69, 9.17) is 20.8 Å². The molecule has 0 aliphatic heterocycles. The average Bonchev–Trinajstić information content (AvgIpc) is 3.13. The van der Waals surface area contributed by atoms with Crippen LogP contribution < -0.4 is 15.7 Å². The summed E-state index contributed by atoms with van der Waals surface area (Å²) in [6.07, 6.45) is 2.63. The number of hydrogen-bond acceptors (Lipinski definition) is 4. The van der Waals surface area contributed by atoms with E-state index in [-0.39, 0.29) is 18.1 Å². The fourth-order valence-electron chi connectivity index (χ4n) is 3.53. The SMILES string of the molecule is Cc1c(OCC(=O)Nc2cccc(Cl)c2)ccc2c3c(c(=O)oc12)CCC3. The molecule has 1 heterocycles. The molecule has 0 saturated carbocycles. The van der Waals surface area contributed by atoms with Gasteiger partial charge in [-0.3, -0.25) is 4.79 Å². The van der Waals surface area contributed by atoms with Crippen molar-refractivity contribution in [2.45, 2.75) is 26.2 Å². The standard InChI is InChI=1S/C21H18ClNO4/c1-12-18(26-11-19(24)23-14-5-2-4-13(22)10-14)9-8-16-15-6-3-7-17(15)21(25)27-20(12)16/h2,4-5,8-10H,3,6-7,11H2,1H3,(H,23,24). The monoisotopic (exact) mass is 383 g/mol. The fraction of sp³-hybridized carbons (Fsp3) is 0.238. The smallest absolute Gasteiger partial charge is 0.339 e. The van der Waals surface area contributed by atoms with Gasteiger partial charge in [0.05, 0.1) is 0 Å². The van der Waals surface area contributed by atoms with Crippen LogP contribution in [0.3, 0.4) is 0 Å². The third-order valence-electron chi connectivity index (χ3n) is 4.81. The zero-order chi connectivity index (χ0) is 19.0. The molecule has 2 aromatic carbocycles. The van der Waals surface area contributed by atoms with E-state index in [1.165, 1.54) is 0 Å². The Morgan fingerprint density at radius 3 is 2.85 bits per heavy atom. The van der Waals surface area contributed by atoms with Gasteiger partial charge >= 0.3 is 5.63 Å². The van der Waals surface area contributed by atoms with Crippen LogP contribution in [-0.4, -0.2) is 12.5 Å². The molecule has 1 N–H and O–H groups in total. The maximum absolute atomic E-state index is 12.2. The summed E-state index contributed by atoms with van der Waals surface area (Å²) >= 11 is 5.91. The quantitative estimate of drug-likeness (QED) is 0.683. The van der Waals surface area contributed by atoms with Gasteiger partial charge in [-0.2, -0.15) is 0 Å². The zero-order valence-electron chi connectivity index (χ0n) is 14.8. The van der Waals surface area contributed by atoms with Crippen LogP contribution >= 0.6 is 11.6 Å². The molecule has 5 nitrogen and oxygen atoms in total. The van der Waals surface area contributed by atoms with E-state index in [0.29, 0.717) is 22.0 Å². The molecule has 0 radical (unpaired) electrons. The van der Waals surface area contributed by atoms with E-state index < -0.39 is 0 Å². The van der Waals surface area contributed by atoms with Crippen LogP contribution in [0.2, 0.25) is 5.02 Å².